The van der Waals surface area contributed by atoms with E-state index in [1.165, 1.54) is 43.0 Å². The normalized spacial score (nSPS) is 26.8. The summed E-state index contributed by atoms with van der Waals surface area (Å²) in [5, 5.41) is 0.395. The van der Waals surface area contributed by atoms with Crippen molar-refractivity contribution < 1.29 is 0 Å². The first-order valence-corrected chi connectivity index (χ1v) is 16.7. The van der Waals surface area contributed by atoms with Crippen molar-refractivity contribution in [2.24, 2.45) is 0 Å². The van der Waals surface area contributed by atoms with Gasteiger partial charge in [0.25, 0.3) is 0 Å². The molecule has 0 saturated carbocycles. The highest BCUT2D eigenvalue weighted by Gasteiger charge is 2.44. The topological polar surface area (TPSA) is 0 Å². The molecule has 2 aliphatic rings. The predicted molar refractivity (Wildman–Crippen MR) is 168 cm³/mol. The molecule has 0 aromatic heterocycles. The van der Waals surface area contributed by atoms with Gasteiger partial charge in [-0.15, -0.1) is 8.58 Å². The van der Waals surface area contributed by atoms with Gasteiger partial charge in [-0.25, -0.2) is 0 Å². The van der Waals surface area contributed by atoms with Crippen molar-refractivity contribution in [3.63, 3.8) is 0 Å². The second-order valence-corrected chi connectivity index (χ2v) is 15.5. The van der Waals surface area contributed by atoms with E-state index < -0.39 is 0 Å². The van der Waals surface area contributed by atoms with Crippen LogP contribution in [-0.4, -0.2) is 14.0 Å². The molecule has 2 heterocycles. The third-order valence-corrected chi connectivity index (χ3v) is 14.2. The average Bonchev–Trinajstić information content (AvgIpc) is 3.61. The zero-order valence-electron chi connectivity index (χ0n) is 22.3. The van der Waals surface area contributed by atoms with Crippen molar-refractivity contribution in [2.75, 3.05) is 6.16 Å². The molecule has 188 valence electrons. The van der Waals surface area contributed by atoms with E-state index in [0.717, 1.165) is 25.6 Å². The van der Waals surface area contributed by atoms with E-state index in [0.29, 0.717) is 5.06 Å². The molecule has 3 heteroatoms. The van der Waals surface area contributed by atoms with Crippen LogP contribution in [0.15, 0.2) is 121 Å². The molecule has 0 bridgehead atoms. The average molecular weight is 520 g/mol. The summed E-state index contributed by atoms with van der Waals surface area (Å²) in [6.07, 6.45) is 6.69. The van der Waals surface area contributed by atoms with Crippen LogP contribution in [-0.2, 0) is 5.06 Å². The van der Waals surface area contributed by atoms with Crippen LogP contribution in [0.4, 0.5) is 0 Å². The van der Waals surface area contributed by atoms with Crippen LogP contribution in [0.2, 0.25) is 0 Å². The summed E-state index contributed by atoms with van der Waals surface area (Å²) in [6.45, 7) is 2.38. The SMILES string of the molecule is B[C@]1(c2ccccc2)CC[C@H](c2ccccc2)P1CC.c1ccc([C@H]2CC[C@H](c3ccccc3)P2)cc1. The quantitative estimate of drug-likeness (QED) is 0.182. The van der Waals surface area contributed by atoms with Gasteiger partial charge in [-0.3, -0.25) is 0 Å². The molecule has 2 aliphatic heterocycles. The van der Waals surface area contributed by atoms with E-state index in [1.807, 2.05) is 0 Å². The third kappa shape index (κ3) is 6.11. The van der Waals surface area contributed by atoms with E-state index >= 15 is 0 Å². The van der Waals surface area contributed by atoms with Gasteiger partial charge in [0.05, 0.1) is 0 Å². The second-order valence-electron chi connectivity index (χ2n) is 10.6. The van der Waals surface area contributed by atoms with E-state index in [4.69, 9.17) is 0 Å². The first-order chi connectivity index (χ1) is 18.2. The largest absolute Gasteiger partial charge is 0.120 e. The number of benzene rings is 4. The highest BCUT2D eigenvalue weighted by Crippen LogP contribution is 2.71. The standard InChI is InChI=1S/C18H22BP.C16H17P/c1-2-20-17(15-9-5-3-6-10-15)13-14-18(20,19)16-11-7-4-8-12-16;1-3-7-13(8-4-1)15-11-12-16(17-15)14-9-5-2-6-10-14/h3-12,17H,2,13-14,19H2,1H3;1-10,15-17H,11-12H2/t17-,18-,20?;15-,16-/m11/s1. The van der Waals surface area contributed by atoms with Gasteiger partial charge < -0.3 is 0 Å². The van der Waals surface area contributed by atoms with Crippen LogP contribution in [0.1, 0.15) is 71.8 Å². The summed E-state index contributed by atoms with van der Waals surface area (Å²) in [7, 11) is 3.54. The summed E-state index contributed by atoms with van der Waals surface area (Å²) in [6, 6.07) is 44.3. The van der Waals surface area contributed by atoms with Gasteiger partial charge in [0, 0.05) is 17.0 Å². The van der Waals surface area contributed by atoms with Crippen molar-refractivity contribution in [1.29, 1.82) is 0 Å². The summed E-state index contributed by atoms with van der Waals surface area (Å²) in [5.41, 5.74) is 8.53. The molecule has 0 amide bonds. The fourth-order valence-corrected chi connectivity index (χ4v) is 12.0. The van der Waals surface area contributed by atoms with Gasteiger partial charge in [-0.05, 0) is 59.2 Å². The Bertz CT molecular complexity index is 1170. The Morgan fingerprint density at radius 2 is 1.08 bits per heavy atom. The number of rotatable bonds is 5. The van der Waals surface area contributed by atoms with Crippen LogP contribution < -0.4 is 0 Å². The third-order valence-electron chi connectivity index (χ3n) is 8.39. The van der Waals surface area contributed by atoms with E-state index in [2.05, 4.69) is 136 Å². The van der Waals surface area contributed by atoms with Crippen LogP contribution in [0.5, 0.6) is 0 Å². The lowest BCUT2D eigenvalue weighted by Gasteiger charge is -2.35. The predicted octanol–water partition coefficient (Wildman–Crippen LogP) is 9.45. The molecule has 5 atom stereocenters. The molecule has 0 radical (unpaired) electrons. The zero-order valence-corrected chi connectivity index (χ0v) is 24.2. The molecule has 4 aromatic carbocycles. The fraction of sp³-hybridized carbons (Fsp3) is 0.294. The van der Waals surface area contributed by atoms with Crippen molar-refractivity contribution in [2.45, 2.75) is 54.6 Å². The van der Waals surface area contributed by atoms with E-state index in [9.17, 15) is 0 Å². The molecular weight excluding hydrogens is 481 g/mol. The van der Waals surface area contributed by atoms with Crippen LogP contribution in [0.3, 0.4) is 0 Å². The maximum atomic E-state index is 2.50. The molecule has 0 aliphatic carbocycles. The lowest BCUT2D eigenvalue weighted by atomic mass is 9.76. The highest BCUT2D eigenvalue weighted by atomic mass is 31.1. The number of hydrogen-bond acceptors (Lipinski definition) is 0. The molecule has 2 saturated heterocycles. The maximum absolute atomic E-state index is 2.50. The highest BCUT2D eigenvalue weighted by molar-refractivity contribution is 7.61. The second kappa shape index (κ2) is 12.6. The van der Waals surface area contributed by atoms with E-state index in [1.54, 1.807) is 11.1 Å². The van der Waals surface area contributed by atoms with Crippen LogP contribution in [0.25, 0.3) is 0 Å². The maximum Gasteiger partial charge on any atom is 0.120 e. The minimum Gasteiger partial charge on any atom is -0.107 e. The molecule has 0 nitrogen and oxygen atoms in total. The van der Waals surface area contributed by atoms with Gasteiger partial charge in [-0.2, -0.15) is 0 Å². The molecule has 37 heavy (non-hydrogen) atoms. The Kier molecular flexibility index (Phi) is 8.97. The summed E-state index contributed by atoms with van der Waals surface area (Å²) in [4.78, 5) is 0. The zero-order chi connectivity index (χ0) is 25.5. The number of hydrogen-bond donors (Lipinski definition) is 0. The smallest absolute Gasteiger partial charge is 0.107 e. The first kappa shape index (κ1) is 26.4. The minimum absolute atomic E-state index is 0.00437. The van der Waals surface area contributed by atoms with Gasteiger partial charge in [0.15, 0.2) is 0 Å². The van der Waals surface area contributed by atoms with E-state index in [-0.39, 0.29) is 7.92 Å². The molecule has 1 unspecified atom stereocenters. The lowest BCUT2D eigenvalue weighted by Crippen LogP contribution is -2.21. The minimum atomic E-state index is -0.00437. The van der Waals surface area contributed by atoms with Gasteiger partial charge in [-0.1, -0.05) is 136 Å². The Labute approximate surface area is 228 Å². The van der Waals surface area contributed by atoms with Gasteiger partial charge >= 0.3 is 0 Å². The van der Waals surface area contributed by atoms with Crippen molar-refractivity contribution >= 4 is 24.3 Å². The molecule has 6 rings (SSSR count). The first-order valence-electron chi connectivity index (χ1n) is 13.9. The summed E-state index contributed by atoms with van der Waals surface area (Å²) >= 11 is 0. The van der Waals surface area contributed by atoms with Crippen molar-refractivity contribution in [1.82, 2.24) is 0 Å². The van der Waals surface area contributed by atoms with Gasteiger partial charge in [0.1, 0.15) is 7.85 Å². The summed E-state index contributed by atoms with van der Waals surface area (Å²) < 4.78 is 0. The Morgan fingerprint density at radius 1 is 0.649 bits per heavy atom. The molecular formula is C34H39BP2. The fourth-order valence-electron chi connectivity index (χ4n) is 6.40. The van der Waals surface area contributed by atoms with Gasteiger partial charge in [0.2, 0.25) is 0 Å². The van der Waals surface area contributed by atoms with Crippen molar-refractivity contribution in [3.05, 3.63) is 144 Å². The molecule has 4 aromatic rings. The summed E-state index contributed by atoms with van der Waals surface area (Å²) in [5.74, 6) is 0. The molecule has 0 spiro atoms. The lowest BCUT2D eigenvalue weighted by molar-refractivity contribution is 0.725. The molecule has 2 fully saturated rings. The Hall–Kier alpha value is -2.20. The Morgan fingerprint density at radius 3 is 1.54 bits per heavy atom. The monoisotopic (exact) mass is 520 g/mol. The molecule has 0 N–H and O–H groups in total. The Balaban J connectivity index is 0.000000153. The van der Waals surface area contributed by atoms with Crippen molar-refractivity contribution in [3.8, 4) is 0 Å². The van der Waals surface area contributed by atoms with Crippen LogP contribution >= 0.6 is 16.5 Å². The van der Waals surface area contributed by atoms with Crippen LogP contribution in [0, 0.1) is 0 Å².